The van der Waals surface area contributed by atoms with Crippen molar-refractivity contribution in [3.63, 3.8) is 0 Å². The number of aromatic nitrogens is 6. The Hall–Kier alpha value is -3.20. The van der Waals surface area contributed by atoms with Crippen molar-refractivity contribution < 1.29 is 4.79 Å². The van der Waals surface area contributed by atoms with Gasteiger partial charge in [-0.1, -0.05) is 0 Å². The average Bonchev–Trinajstić information content (AvgIpc) is 3.31. The van der Waals surface area contributed by atoms with Crippen LogP contribution in [0, 0.1) is 0 Å². The lowest BCUT2D eigenvalue weighted by Gasteiger charge is -2.08. The molecule has 0 radical (unpaired) electrons. The van der Waals surface area contributed by atoms with E-state index in [1.165, 1.54) is 0 Å². The molecule has 4 aromatic rings. The number of imidazole rings is 1. The van der Waals surface area contributed by atoms with E-state index in [1.807, 2.05) is 10.8 Å². The van der Waals surface area contributed by atoms with Gasteiger partial charge in [0, 0.05) is 43.4 Å². The highest BCUT2D eigenvalue weighted by atomic mass is 32.1. The van der Waals surface area contributed by atoms with E-state index in [-0.39, 0.29) is 5.91 Å². The van der Waals surface area contributed by atoms with E-state index in [1.54, 1.807) is 42.9 Å². The van der Waals surface area contributed by atoms with Gasteiger partial charge < -0.3 is 9.88 Å². The molecule has 0 aliphatic heterocycles. The summed E-state index contributed by atoms with van der Waals surface area (Å²) in [6, 6.07) is 7.05. The molecule has 1 amide bonds. The molecule has 25 heavy (non-hydrogen) atoms. The summed E-state index contributed by atoms with van der Waals surface area (Å²) in [5.41, 5.74) is 2.10. The second-order valence-corrected chi connectivity index (χ2v) is 5.77. The smallest absolute Gasteiger partial charge is 0.251 e. The molecule has 0 saturated carbocycles. The van der Waals surface area contributed by atoms with Crippen molar-refractivity contribution in [2.45, 2.75) is 6.54 Å². The average molecular weight is 351 g/mol. The predicted octanol–water partition coefficient (Wildman–Crippen LogP) is 1.77. The second-order valence-electron chi connectivity index (χ2n) is 5.24. The molecular weight excluding hydrogens is 338 g/mol. The number of nitrogens with zero attached hydrogens (tertiary/aromatic N) is 6. The Kier molecular flexibility index (Phi) is 4.13. The zero-order chi connectivity index (χ0) is 17.1. The van der Waals surface area contributed by atoms with Gasteiger partial charge in [-0.05, 0) is 24.3 Å². The Labute approximate surface area is 146 Å². The normalized spacial score (nSPS) is 10.9. The van der Waals surface area contributed by atoms with Gasteiger partial charge in [-0.15, -0.1) is 0 Å². The zero-order valence-electron chi connectivity index (χ0n) is 13.0. The number of fused-ring (bicyclic) bond motifs is 1. The first-order valence-corrected chi connectivity index (χ1v) is 8.33. The van der Waals surface area contributed by atoms with Gasteiger partial charge in [-0.3, -0.25) is 4.79 Å². The highest BCUT2D eigenvalue weighted by molar-refractivity contribution is 7.00. The molecule has 1 N–H and O–H groups in total. The fraction of sp³-hybridized carbons (Fsp3) is 0.125. The quantitative estimate of drug-likeness (QED) is 0.588. The van der Waals surface area contributed by atoms with Gasteiger partial charge in [-0.25, -0.2) is 15.0 Å². The van der Waals surface area contributed by atoms with Crippen LogP contribution in [-0.2, 0) is 6.54 Å². The monoisotopic (exact) mass is 351 g/mol. The maximum atomic E-state index is 12.3. The van der Waals surface area contributed by atoms with Gasteiger partial charge in [0.2, 0.25) is 0 Å². The first-order valence-electron chi connectivity index (χ1n) is 7.60. The molecule has 124 valence electrons. The third-order valence-corrected chi connectivity index (χ3v) is 4.19. The van der Waals surface area contributed by atoms with Gasteiger partial charge in [0.05, 0.1) is 11.7 Å². The highest BCUT2D eigenvalue weighted by Crippen LogP contribution is 2.14. The molecule has 0 unspecified atom stereocenters. The van der Waals surface area contributed by atoms with Crippen LogP contribution >= 0.6 is 11.7 Å². The lowest BCUT2D eigenvalue weighted by atomic mass is 10.2. The van der Waals surface area contributed by atoms with Crippen molar-refractivity contribution >= 4 is 28.7 Å². The minimum atomic E-state index is -0.146. The van der Waals surface area contributed by atoms with Crippen molar-refractivity contribution in [1.82, 2.24) is 33.6 Å². The van der Waals surface area contributed by atoms with Crippen molar-refractivity contribution in [3.8, 4) is 11.6 Å². The van der Waals surface area contributed by atoms with E-state index in [0.717, 1.165) is 22.8 Å². The van der Waals surface area contributed by atoms with E-state index in [4.69, 9.17) is 0 Å². The van der Waals surface area contributed by atoms with Crippen molar-refractivity contribution in [3.05, 3.63) is 54.6 Å². The van der Waals surface area contributed by atoms with E-state index in [0.29, 0.717) is 30.3 Å². The van der Waals surface area contributed by atoms with Gasteiger partial charge in [-0.2, -0.15) is 8.75 Å². The van der Waals surface area contributed by atoms with E-state index >= 15 is 0 Å². The van der Waals surface area contributed by atoms with Crippen molar-refractivity contribution in [2.24, 2.45) is 0 Å². The lowest BCUT2D eigenvalue weighted by molar-refractivity contribution is 0.0952. The maximum Gasteiger partial charge on any atom is 0.251 e. The molecule has 0 atom stereocenters. The Morgan fingerprint density at radius 1 is 1.08 bits per heavy atom. The number of hydrogen-bond donors (Lipinski definition) is 1. The summed E-state index contributed by atoms with van der Waals surface area (Å²) >= 11 is 1.14. The molecule has 0 aliphatic rings. The van der Waals surface area contributed by atoms with Crippen LogP contribution in [0.2, 0.25) is 0 Å². The molecule has 3 aromatic heterocycles. The zero-order valence-corrected chi connectivity index (χ0v) is 13.8. The number of benzene rings is 1. The Morgan fingerprint density at radius 3 is 2.80 bits per heavy atom. The van der Waals surface area contributed by atoms with Crippen LogP contribution < -0.4 is 5.32 Å². The SMILES string of the molecule is O=C(NCCn1ccnc1-c1ncccn1)c1ccc2nsnc2c1. The van der Waals surface area contributed by atoms with Gasteiger partial charge in [0.25, 0.3) is 5.91 Å². The molecule has 1 aromatic carbocycles. The van der Waals surface area contributed by atoms with Crippen LogP contribution in [-0.4, -0.2) is 40.7 Å². The summed E-state index contributed by atoms with van der Waals surface area (Å²) in [4.78, 5) is 25.0. The van der Waals surface area contributed by atoms with E-state index in [2.05, 4.69) is 29.0 Å². The maximum absolute atomic E-state index is 12.3. The molecule has 3 heterocycles. The summed E-state index contributed by atoms with van der Waals surface area (Å²) in [7, 11) is 0. The molecule has 4 rings (SSSR count). The third-order valence-electron chi connectivity index (χ3n) is 3.64. The number of carbonyl (C=O) groups is 1. The Morgan fingerprint density at radius 2 is 1.92 bits per heavy atom. The topological polar surface area (TPSA) is 98.5 Å². The lowest BCUT2D eigenvalue weighted by Crippen LogP contribution is -2.27. The summed E-state index contributed by atoms with van der Waals surface area (Å²) in [5.74, 6) is 1.08. The summed E-state index contributed by atoms with van der Waals surface area (Å²) < 4.78 is 10.2. The highest BCUT2D eigenvalue weighted by Gasteiger charge is 2.10. The Balaban J connectivity index is 1.41. The van der Waals surface area contributed by atoms with Crippen LogP contribution in [0.4, 0.5) is 0 Å². The third kappa shape index (κ3) is 3.22. The Bertz CT molecular complexity index is 1010. The fourth-order valence-corrected chi connectivity index (χ4v) is 2.94. The first-order chi connectivity index (χ1) is 12.3. The van der Waals surface area contributed by atoms with Crippen LogP contribution in [0.25, 0.3) is 22.7 Å². The first kappa shape index (κ1) is 15.3. The summed E-state index contributed by atoms with van der Waals surface area (Å²) in [6.07, 6.45) is 6.88. The molecule has 8 nitrogen and oxygen atoms in total. The van der Waals surface area contributed by atoms with Gasteiger partial charge >= 0.3 is 0 Å². The molecule has 0 fully saturated rings. The number of hydrogen-bond acceptors (Lipinski definition) is 7. The van der Waals surface area contributed by atoms with Crippen molar-refractivity contribution in [1.29, 1.82) is 0 Å². The number of amides is 1. The number of nitrogens with one attached hydrogen (secondary N) is 1. The van der Waals surface area contributed by atoms with Crippen LogP contribution in [0.5, 0.6) is 0 Å². The number of carbonyl (C=O) groups excluding carboxylic acids is 1. The summed E-state index contributed by atoms with van der Waals surface area (Å²) in [6.45, 7) is 1.03. The minimum Gasteiger partial charge on any atom is -0.350 e. The van der Waals surface area contributed by atoms with Crippen LogP contribution in [0.1, 0.15) is 10.4 Å². The van der Waals surface area contributed by atoms with E-state index < -0.39 is 0 Å². The molecule has 0 spiro atoms. The predicted molar refractivity (Wildman–Crippen MR) is 93.0 cm³/mol. The van der Waals surface area contributed by atoms with Crippen molar-refractivity contribution in [2.75, 3.05) is 6.54 Å². The molecule has 0 aliphatic carbocycles. The fourth-order valence-electron chi connectivity index (χ4n) is 2.43. The molecule has 0 bridgehead atoms. The standard InChI is InChI=1S/C16H13N7OS/c24-16(11-2-3-12-13(10-11)22-25-21-12)20-7-9-23-8-6-19-15(23)14-17-4-1-5-18-14/h1-6,8,10H,7,9H2,(H,20,24). The largest absolute Gasteiger partial charge is 0.350 e. The summed E-state index contributed by atoms with van der Waals surface area (Å²) in [5, 5.41) is 2.90. The second kappa shape index (κ2) is 6.73. The minimum absolute atomic E-state index is 0.146. The molecular formula is C16H13N7OS. The van der Waals surface area contributed by atoms with Gasteiger partial charge in [0.15, 0.2) is 11.6 Å². The van der Waals surface area contributed by atoms with Crippen LogP contribution in [0.3, 0.4) is 0 Å². The van der Waals surface area contributed by atoms with E-state index in [9.17, 15) is 4.79 Å². The number of rotatable bonds is 5. The van der Waals surface area contributed by atoms with Gasteiger partial charge in [0.1, 0.15) is 11.0 Å². The van der Waals surface area contributed by atoms with Crippen LogP contribution in [0.15, 0.2) is 49.1 Å². The molecule has 0 saturated heterocycles. The molecule has 9 heteroatoms.